The lowest BCUT2D eigenvalue weighted by Gasteiger charge is -2.24. The van der Waals surface area contributed by atoms with Gasteiger partial charge in [0.15, 0.2) is 0 Å². The third-order valence-corrected chi connectivity index (χ3v) is 2.90. The molecule has 0 aromatic heterocycles. The predicted molar refractivity (Wildman–Crippen MR) is 118 cm³/mol. The first-order chi connectivity index (χ1) is 12.8. The zero-order valence-electron chi connectivity index (χ0n) is 14.9. The summed E-state index contributed by atoms with van der Waals surface area (Å²) in [5, 5.41) is 28.6. The number of benzene rings is 1. The van der Waals surface area contributed by atoms with E-state index in [1.165, 1.54) is 18.2 Å². The molecule has 0 spiro atoms. The van der Waals surface area contributed by atoms with E-state index in [0.29, 0.717) is 0 Å². The van der Waals surface area contributed by atoms with E-state index in [-0.39, 0.29) is 66.2 Å². The maximum atomic E-state index is 7.68. The maximum Gasteiger partial charge on any atom is 0.258 e. The van der Waals surface area contributed by atoms with Gasteiger partial charge in [0.05, 0.1) is 17.1 Å². The van der Waals surface area contributed by atoms with Crippen LogP contribution in [0.15, 0.2) is 49.2 Å². The third kappa shape index (κ3) is 7.90. The Labute approximate surface area is 188 Å². The summed E-state index contributed by atoms with van der Waals surface area (Å²) in [6.45, 7) is 0. The van der Waals surface area contributed by atoms with Gasteiger partial charge in [-0.25, -0.2) is 32.6 Å². The van der Waals surface area contributed by atoms with Gasteiger partial charge >= 0.3 is 0 Å². The van der Waals surface area contributed by atoms with E-state index in [1.807, 2.05) is 0 Å². The Bertz CT molecular complexity index is 758. The fourth-order valence-corrected chi connectivity index (χ4v) is 1.69. The molecule has 0 heterocycles. The van der Waals surface area contributed by atoms with Gasteiger partial charge in [0, 0.05) is 0 Å². The second kappa shape index (κ2) is 14.6. The molecule has 15 N–H and O–H groups in total. The van der Waals surface area contributed by atoms with E-state index >= 15 is 0 Å². The summed E-state index contributed by atoms with van der Waals surface area (Å²) in [6.07, 6.45) is 0. The quantitative estimate of drug-likeness (QED) is 0.0868. The molecule has 0 unspecified atom stereocenters. The zero-order chi connectivity index (χ0) is 20.6. The standard InChI is InChI=1S/C9H18N18.3ClH/c10-7(19-22-13)25(16)4-1-5(26(17)8(11)20-23-14)3-6(2-4)27(18)9(12)21-24-15;;;/h1-3H,16-18H2,(H3,10,13,19)(H3,11,14,20)(H3,12,15,21);3*1H. The molecule has 0 saturated heterocycles. The van der Waals surface area contributed by atoms with E-state index in [9.17, 15) is 0 Å². The van der Waals surface area contributed by atoms with E-state index in [4.69, 9.17) is 51.3 Å². The Morgan fingerprint density at radius 1 is 0.733 bits per heavy atom. The summed E-state index contributed by atoms with van der Waals surface area (Å²) in [7, 11) is 0. The minimum absolute atomic E-state index is 0. The van der Waals surface area contributed by atoms with Gasteiger partial charge in [-0.2, -0.15) is 11.1 Å². The highest BCUT2D eigenvalue weighted by Gasteiger charge is 2.17. The van der Waals surface area contributed by atoms with Gasteiger partial charge in [0.25, 0.3) is 5.96 Å². The first kappa shape index (κ1) is 31.3. The first-order valence-electron chi connectivity index (χ1n) is 6.65. The maximum absolute atomic E-state index is 7.68. The van der Waals surface area contributed by atoms with E-state index in [0.717, 1.165) is 15.0 Å². The van der Waals surface area contributed by atoms with Gasteiger partial charge in [0.2, 0.25) is 11.9 Å². The van der Waals surface area contributed by atoms with Crippen LogP contribution in [0.3, 0.4) is 0 Å². The number of hydrazine groups is 3. The van der Waals surface area contributed by atoms with Crippen molar-refractivity contribution in [2.45, 2.75) is 0 Å². The molecule has 0 aliphatic heterocycles. The van der Waals surface area contributed by atoms with Crippen molar-refractivity contribution in [2.24, 2.45) is 65.8 Å². The molecule has 0 aliphatic rings. The number of guanidine groups is 3. The molecule has 168 valence electrons. The Morgan fingerprint density at radius 3 is 1.37 bits per heavy atom. The predicted octanol–water partition coefficient (Wildman–Crippen LogP) is -0.226. The Balaban J connectivity index is -0.00000243. The molecule has 30 heavy (non-hydrogen) atoms. The van der Waals surface area contributed by atoms with Crippen LogP contribution < -0.4 is 49.9 Å². The lowest BCUT2D eigenvalue weighted by atomic mass is 10.2. The number of nitrogens with two attached hydrogens (primary N) is 6. The molecule has 0 atom stereocenters. The van der Waals surface area contributed by atoms with Crippen molar-refractivity contribution in [3.05, 3.63) is 18.2 Å². The number of rotatable bonds is 5. The zero-order valence-corrected chi connectivity index (χ0v) is 17.4. The highest BCUT2D eigenvalue weighted by molar-refractivity contribution is 6.00. The van der Waals surface area contributed by atoms with Crippen LogP contribution in [0.2, 0.25) is 0 Å². The van der Waals surface area contributed by atoms with Crippen molar-refractivity contribution < 1.29 is 0 Å². The summed E-state index contributed by atoms with van der Waals surface area (Å²) in [4.78, 5) is 0. The highest BCUT2D eigenvalue weighted by Crippen LogP contribution is 2.27. The lowest BCUT2D eigenvalue weighted by molar-refractivity contribution is 0.956. The molecule has 0 bridgehead atoms. The molecule has 0 radical (unpaired) electrons. The molecule has 0 amide bonds. The molecule has 1 rings (SSSR count). The topological polar surface area (TPSA) is 312 Å². The molecule has 0 fully saturated rings. The van der Waals surface area contributed by atoms with Crippen LogP contribution in [-0.4, -0.2) is 17.9 Å². The largest absolute Gasteiger partial charge is 0.367 e. The van der Waals surface area contributed by atoms with Crippen LogP contribution >= 0.6 is 37.2 Å². The lowest BCUT2D eigenvalue weighted by Crippen LogP contribution is -2.45. The highest BCUT2D eigenvalue weighted by atomic mass is 35.5. The van der Waals surface area contributed by atoms with Crippen LogP contribution in [0, 0.1) is 16.5 Å². The molecule has 0 aliphatic carbocycles. The van der Waals surface area contributed by atoms with E-state index < -0.39 is 5.96 Å². The fourth-order valence-electron chi connectivity index (χ4n) is 1.69. The van der Waals surface area contributed by atoms with Gasteiger partial charge in [-0.1, -0.05) is 20.5 Å². The Morgan fingerprint density at radius 2 is 1.07 bits per heavy atom. The number of anilines is 3. The van der Waals surface area contributed by atoms with E-state index in [1.54, 1.807) is 0 Å². The number of nitrogens with zero attached hydrogens (tertiary/aromatic N) is 9. The van der Waals surface area contributed by atoms with Crippen molar-refractivity contribution in [2.75, 3.05) is 15.0 Å². The molecule has 18 nitrogen and oxygen atoms in total. The minimum atomic E-state index is -0.515. The van der Waals surface area contributed by atoms with Crippen LogP contribution in [0.1, 0.15) is 0 Å². The van der Waals surface area contributed by atoms with Crippen molar-refractivity contribution >= 4 is 72.2 Å². The van der Waals surface area contributed by atoms with Gasteiger partial charge in [-0.3, -0.25) is 5.41 Å². The average molecular weight is 488 g/mol. The van der Waals surface area contributed by atoms with Crippen LogP contribution in [-0.2, 0) is 0 Å². The van der Waals surface area contributed by atoms with Gasteiger partial charge < -0.3 is 17.3 Å². The first-order valence-corrected chi connectivity index (χ1v) is 6.65. The van der Waals surface area contributed by atoms with Crippen molar-refractivity contribution in [1.82, 2.24) is 0 Å². The average Bonchev–Trinajstić information content (AvgIpc) is 2.66. The second-order valence-corrected chi connectivity index (χ2v) is 4.47. The Hall–Kier alpha value is -3.42. The molecule has 21 heteroatoms. The number of halogens is 3. The van der Waals surface area contributed by atoms with Gasteiger partial charge in [-0.15, -0.1) is 37.2 Å². The number of hydrogen-bond acceptors (Lipinski definition) is 9. The fraction of sp³-hybridized carbons (Fsp3) is 0. The van der Waals surface area contributed by atoms with Crippen LogP contribution in [0.5, 0.6) is 0 Å². The van der Waals surface area contributed by atoms with E-state index in [2.05, 4.69) is 31.0 Å². The van der Waals surface area contributed by atoms with Gasteiger partial charge in [0.1, 0.15) is 0 Å². The molecule has 0 saturated carbocycles. The van der Waals surface area contributed by atoms with Gasteiger partial charge in [-0.05, 0) is 28.6 Å². The minimum Gasteiger partial charge on any atom is -0.367 e. The second-order valence-electron chi connectivity index (χ2n) is 4.47. The van der Waals surface area contributed by atoms with Crippen molar-refractivity contribution in [1.29, 1.82) is 16.5 Å². The SMILES string of the molecule is Cl.Cl.Cl.N=NN=C(N)N(N)c1cc(N(N)C(=N)N=NN)cc(N(N)C(N)=NN=N)c1. The summed E-state index contributed by atoms with van der Waals surface area (Å²) < 4.78 is 0. The molecule has 1 aromatic carbocycles. The van der Waals surface area contributed by atoms with Crippen molar-refractivity contribution in [3.63, 3.8) is 0 Å². The monoisotopic (exact) mass is 486 g/mol. The normalized spacial score (nSPS) is 10.8. The summed E-state index contributed by atoms with van der Waals surface area (Å²) in [5.74, 6) is 21.2. The van der Waals surface area contributed by atoms with Crippen LogP contribution in [0.25, 0.3) is 0 Å². The summed E-state index contributed by atoms with van der Waals surface area (Å²) >= 11 is 0. The Kier molecular flexibility index (Phi) is 15.2. The number of nitrogens with one attached hydrogen (secondary N) is 3. The smallest absolute Gasteiger partial charge is 0.258 e. The summed E-state index contributed by atoms with van der Waals surface area (Å²) in [6, 6.07) is 4.16. The molecular formula is C9H21Cl3N18. The third-order valence-electron chi connectivity index (χ3n) is 2.90. The van der Waals surface area contributed by atoms with Crippen LogP contribution in [0.4, 0.5) is 17.1 Å². The number of hydrogen-bond donors (Lipinski definition) is 9. The summed E-state index contributed by atoms with van der Waals surface area (Å²) in [5.41, 5.74) is 25.1. The molecule has 1 aromatic rings. The van der Waals surface area contributed by atoms with Crippen molar-refractivity contribution in [3.8, 4) is 0 Å². The molecular weight excluding hydrogens is 467 g/mol.